The smallest absolute Gasteiger partial charge is 0.387 e. The number of nitrogens with one attached hydrogen (secondary N) is 2. The summed E-state index contributed by atoms with van der Waals surface area (Å²) in [5, 5.41) is 45.3. The summed E-state index contributed by atoms with van der Waals surface area (Å²) in [5.41, 5.74) is 10.3. The number of nitrogens with zero attached hydrogens (tertiary/aromatic N) is 6. The number of H-pyrrole nitrogens is 2. The third-order valence-electron chi connectivity index (χ3n) is 10.1. The zero-order chi connectivity index (χ0) is 46.0. The quantitative estimate of drug-likeness (QED) is 0.0450. The number of phosphoric ester groups is 2. The fourth-order valence-electron chi connectivity index (χ4n) is 7.22. The first-order chi connectivity index (χ1) is 30.1. The molecule has 2 saturated heterocycles. The number of anilines is 2. The molecular formula is C33H38N10O18P3+. The Bertz CT molecular complexity index is 3090. The van der Waals surface area contributed by atoms with Crippen molar-refractivity contribution < 1.29 is 80.5 Å². The Kier molecular flexibility index (Phi) is 12.1. The van der Waals surface area contributed by atoms with E-state index in [1.165, 1.54) is 16.2 Å². The molecule has 31 heteroatoms. The number of phosphoric acid groups is 3. The molecule has 6 aromatic rings. The molecule has 0 saturated carbocycles. The summed E-state index contributed by atoms with van der Waals surface area (Å²) >= 11 is 0. The number of fused-ring (bicyclic) bond motifs is 3. The van der Waals surface area contributed by atoms with Crippen LogP contribution in [0.25, 0.3) is 45.3 Å². The first kappa shape index (κ1) is 45.5. The first-order valence-electron chi connectivity index (χ1n) is 18.5. The van der Waals surface area contributed by atoms with Crippen molar-refractivity contribution in [2.45, 2.75) is 49.1 Å². The third-order valence-corrected chi connectivity index (χ3v) is 14.4. The van der Waals surface area contributed by atoms with Crippen LogP contribution in [0.4, 0.5) is 11.9 Å². The van der Waals surface area contributed by atoms with Crippen LogP contribution in [0.5, 0.6) is 0 Å². The van der Waals surface area contributed by atoms with Crippen molar-refractivity contribution in [1.82, 2.24) is 34.1 Å². The summed E-state index contributed by atoms with van der Waals surface area (Å²) < 4.78 is 70.9. The molecule has 342 valence electrons. The average molecular weight is 956 g/mol. The van der Waals surface area contributed by atoms with Crippen molar-refractivity contribution in [1.29, 1.82) is 0 Å². The second-order valence-electron chi connectivity index (χ2n) is 14.4. The normalized spacial score (nSPS) is 26.8. The van der Waals surface area contributed by atoms with Crippen LogP contribution >= 0.6 is 23.5 Å². The number of benzene rings is 2. The van der Waals surface area contributed by atoms with Gasteiger partial charge in [0.1, 0.15) is 36.6 Å². The molecule has 6 heterocycles. The zero-order valence-electron chi connectivity index (χ0n) is 32.6. The van der Waals surface area contributed by atoms with Crippen LogP contribution in [0, 0.1) is 0 Å². The van der Waals surface area contributed by atoms with E-state index in [0.717, 1.165) is 27.2 Å². The van der Waals surface area contributed by atoms with E-state index in [4.69, 9.17) is 25.5 Å². The summed E-state index contributed by atoms with van der Waals surface area (Å²) in [6.07, 6.45) is -9.41. The largest absolute Gasteiger partial charge is 0.490 e. The topological polar surface area (TPSA) is 418 Å². The monoisotopic (exact) mass is 955 g/mol. The predicted molar refractivity (Wildman–Crippen MR) is 217 cm³/mol. The lowest BCUT2D eigenvalue weighted by atomic mass is 10.1. The number of nitrogen functional groups attached to an aromatic ring is 2. The van der Waals surface area contributed by atoms with Gasteiger partial charge in [0.05, 0.1) is 26.6 Å². The molecule has 64 heavy (non-hydrogen) atoms. The fourth-order valence-corrected chi connectivity index (χ4v) is 10.7. The second-order valence-corrected chi connectivity index (χ2v) is 19.0. The molecular weight excluding hydrogens is 917 g/mol. The lowest BCUT2D eigenvalue weighted by molar-refractivity contribution is -0.747. The fraction of sp³-hybridized carbons (Fsp3) is 0.333. The Balaban J connectivity index is 0.923. The molecule has 2 fully saturated rings. The Morgan fingerprint density at radius 2 is 1.41 bits per heavy atom. The molecule has 13 N–H and O–H groups in total. The highest BCUT2D eigenvalue weighted by molar-refractivity contribution is 7.66. The van der Waals surface area contributed by atoms with Gasteiger partial charge < -0.3 is 56.0 Å². The van der Waals surface area contributed by atoms with E-state index in [1.54, 1.807) is 12.2 Å². The molecule has 0 aliphatic carbocycles. The van der Waals surface area contributed by atoms with Gasteiger partial charge in [0.2, 0.25) is 23.5 Å². The number of ether oxygens (including phenoxy) is 2. The van der Waals surface area contributed by atoms with Gasteiger partial charge in [-0.1, -0.05) is 41.4 Å². The lowest BCUT2D eigenvalue weighted by Crippen LogP contribution is -2.48. The Hall–Kier alpha value is -5.09. The van der Waals surface area contributed by atoms with E-state index < -0.39 is 96.9 Å². The SMILES string of the molecule is Cn1c(/C=C/c2ccc3ccccc3c2)[n+]([C@@H]2O[C@H](COP(=O)(O)OP(=O)(O)OP(=O)(O)OC[C@H]3O[C@@H](n4cnc5c(=O)[nH]c(N)nc54)[C@H](O)[C@@H]3O)[C@@H](O)[C@H]2O)c2nc(N)[nH]c(=O)c21. The number of aliphatic hydroxyl groups is 4. The molecule has 0 radical (unpaired) electrons. The Morgan fingerprint density at radius 1 is 0.797 bits per heavy atom. The van der Waals surface area contributed by atoms with Gasteiger partial charge >= 0.3 is 29.1 Å². The number of imidazole rings is 2. The van der Waals surface area contributed by atoms with Crippen molar-refractivity contribution >= 4 is 80.6 Å². The molecule has 11 atom stereocenters. The van der Waals surface area contributed by atoms with E-state index in [1.807, 2.05) is 42.5 Å². The van der Waals surface area contributed by atoms with Gasteiger partial charge in [-0.25, -0.2) is 18.7 Å². The number of nitrogens with two attached hydrogens (primary N) is 2. The summed E-state index contributed by atoms with van der Waals surface area (Å²) in [5.74, 6) is -0.416. The zero-order valence-corrected chi connectivity index (χ0v) is 35.3. The number of aliphatic hydroxyl groups excluding tert-OH is 4. The van der Waals surface area contributed by atoms with Gasteiger partial charge in [-0.2, -0.15) is 18.2 Å². The van der Waals surface area contributed by atoms with Crippen LogP contribution in [-0.2, 0) is 47.9 Å². The second kappa shape index (κ2) is 17.0. The molecule has 2 aliphatic heterocycles. The van der Waals surface area contributed by atoms with Crippen molar-refractivity contribution in [3.8, 4) is 0 Å². The molecule has 4 aromatic heterocycles. The van der Waals surface area contributed by atoms with Crippen LogP contribution in [-0.4, -0.2) is 119 Å². The summed E-state index contributed by atoms with van der Waals surface area (Å²) in [6.45, 7) is -2.23. The van der Waals surface area contributed by atoms with Crippen molar-refractivity contribution in [3.63, 3.8) is 0 Å². The summed E-state index contributed by atoms with van der Waals surface area (Å²) in [7, 11) is -16.1. The van der Waals surface area contributed by atoms with Crippen LogP contribution < -0.4 is 27.2 Å². The predicted octanol–water partition coefficient (Wildman–Crippen LogP) is -1.22. The number of hydrogen-bond donors (Lipinski definition) is 11. The molecule has 28 nitrogen and oxygen atoms in total. The van der Waals surface area contributed by atoms with E-state index in [9.17, 15) is 58.4 Å². The van der Waals surface area contributed by atoms with Crippen molar-refractivity contribution in [2.24, 2.45) is 7.05 Å². The molecule has 2 aliphatic rings. The first-order valence-corrected chi connectivity index (χ1v) is 23.0. The highest BCUT2D eigenvalue weighted by Crippen LogP contribution is 2.68. The maximum absolute atomic E-state index is 13.1. The Morgan fingerprint density at radius 3 is 2.09 bits per heavy atom. The third kappa shape index (κ3) is 8.96. The lowest BCUT2D eigenvalue weighted by Gasteiger charge is -2.21. The van der Waals surface area contributed by atoms with Crippen LogP contribution in [0.15, 0.2) is 58.4 Å². The molecule has 2 aromatic carbocycles. The average Bonchev–Trinajstić information content (AvgIpc) is 3.92. The van der Waals surface area contributed by atoms with Gasteiger partial charge in [-0.3, -0.25) is 37.7 Å². The standard InChI is InChI=1S/C33H37N10O18P3/c1-41-19(9-7-14-6-8-15-4-2-3-5-16(15)10-14)43(27-21(41)29(49)40-33(35)38-27)31-25(47)23(45)18(59-31)12-57-63(52,53)61-64(54,55)60-62(50,51)56-11-17-22(44)24(46)30(58-17)42-13-36-20-26(42)37-32(34)39-28(20)48/h2-10,13,17-18,22-25,30-31,44-47H,11-12H2,1H3,(H8-,34,35,37,38,39,40,48,49,50,51,52,53,54,55)/p+1/b9-7+/t17-,18-,22-,23-,24-,25-,30-,31-/m1/s1. The maximum atomic E-state index is 13.1. The van der Waals surface area contributed by atoms with Crippen LogP contribution in [0.1, 0.15) is 23.8 Å². The Labute approximate surface area is 356 Å². The highest BCUT2D eigenvalue weighted by Gasteiger charge is 2.51. The summed E-state index contributed by atoms with van der Waals surface area (Å²) in [4.78, 5) is 72.4. The van der Waals surface area contributed by atoms with Crippen molar-refractivity contribution in [2.75, 3.05) is 24.7 Å². The minimum atomic E-state index is -6.06. The molecule has 0 spiro atoms. The molecule has 0 amide bonds. The number of aromatic amines is 2. The number of aromatic nitrogens is 8. The highest BCUT2D eigenvalue weighted by atomic mass is 31.3. The molecule has 8 rings (SSSR count). The van der Waals surface area contributed by atoms with Gasteiger partial charge in [0.25, 0.3) is 17.1 Å². The van der Waals surface area contributed by atoms with Crippen molar-refractivity contribution in [3.05, 3.63) is 80.9 Å². The molecule has 3 unspecified atom stereocenters. The number of hydrogen-bond acceptors (Lipinski definition) is 20. The minimum absolute atomic E-state index is 0.0197. The van der Waals surface area contributed by atoms with Crippen LogP contribution in [0.2, 0.25) is 0 Å². The van der Waals surface area contributed by atoms with E-state index in [-0.39, 0.29) is 40.0 Å². The van der Waals surface area contributed by atoms with E-state index >= 15 is 0 Å². The van der Waals surface area contributed by atoms with Gasteiger partial charge in [0, 0.05) is 6.08 Å². The summed E-state index contributed by atoms with van der Waals surface area (Å²) in [6, 6.07) is 13.3. The van der Waals surface area contributed by atoms with Gasteiger partial charge in [0.15, 0.2) is 17.4 Å². The minimum Gasteiger partial charge on any atom is -0.387 e. The number of aryl methyl sites for hydroxylation is 1. The van der Waals surface area contributed by atoms with E-state index in [2.05, 4.69) is 38.1 Å². The van der Waals surface area contributed by atoms with Crippen LogP contribution in [0.3, 0.4) is 0 Å². The number of rotatable bonds is 14. The van der Waals surface area contributed by atoms with Gasteiger partial charge in [-0.15, -0.1) is 0 Å². The maximum Gasteiger partial charge on any atom is 0.490 e. The van der Waals surface area contributed by atoms with E-state index in [0.29, 0.717) is 0 Å². The molecule has 0 bridgehead atoms. The van der Waals surface area contributed by atoms with Gasteiger partial charge in [-0.05, 0) is 28.5 Å².